The van der Waals surface area contributed by atoms with Crippen LogP contribution in [0.3, 0.4) is 0 Å². The summed E-state index contributed by atoms with van der Waals surface area (Å²) in [7, 11) is -3.86. The molecule has 3 atom stereocenters. The smallest absolute Gasteiger partial charge is 0.297 e. The lowest BCUT2D eigenvalue weighted by atomic mass is 10.1. The van der Waals surface area contributed by atoms with E-state index in [4.69, 9.17) is 36.9 Å². The van der Waals surface area contributed by atoms with Gasteiger partial charge in [0.15, 0.2) is 6.29 Å². The molecule has 2 aromatic carbocycles. The van der Waals surface area contributed by atoms with Gasteiger partial charge in [0.1, 0.15) is 6.10 Å². The summed E-state index contributed by atoms with van der Waals surface area (Å²) in [4.78, 5) is 4.21. The lowest BCUT2D eigenvalue weighted by molar-refractivity contribution is -0.222. The van der Waals surface area contributed by atoms with Crippen molar-refractivity contribution >= 4 is 33.3 Å². The van der Waals surface area contributed by atoms with Gasteiger partial charge in [0.05, 0.1) is 30.5 Å². The number of ether oxygens (including phenoxy) is 2. The Kier molecular flexibility index (Phi) is 8.29. The van der Waals surface area contributed by atoms with Crippen LogP contribution in [0.25, 0.3) is 0 Å². The molecule has 0 N–H and O–H groups in total. The number of aryl methyl sites for hydroxylation is 1. The third-order valence-electron chi connectivity index (χ3n) is 5.59. The Balaban J connectivity index is 1.41. The number of benzene rings is 2. The van der Waals surface area contributed by atoms with Crippen molar-refractivity contribution in [2.24, 2.45) is 0 Å². The quantitative estimate of drug-likeness (QED) is 0.341. The number of nitrogens with zero attached hydrogens (tertiary/aromatic N) is 2. The maximum absolute atomic E-state index is 12.5. The summed E-state index contributed by atoms with van der Waals surface area (Å²) in [5.74, 6) is 0. The van der Waals surface area contributed by atoms with Gasteiger partial charge in [-0.05, 0) is 50.5 Å². The third kappa shape index (κ3) is 6.59. The van der Waals surface area contributed by atoms with Crippen molar-refractivity contribution in [2.75, 3.05) is 6.61 Å². The molecule has 0 spiro atoms. The maximum Gasteiger partial charge on any atom is 0.297 e. The molecule has 1 aliphatic rings. The van der Waals surface area contributed by atoms with E-state index in [9.17, 15) is 8.42 Å². The van der Waals surface area contributed by atoms with E-state index in [0.717, 1.165) is 17.5 Å². The van der Waals surface area contributed by atoms with Crippen LogP contribution < -0.4 is 0 Å². The molecule has 1 fully saturated rings. The fourth-order valence-electron chi connectivity index (χ4n) is 3.77. The molecule has 2 heterocycles. The summed E-state index contributed by atoms with van der Waals surface area (Å²) in [5.41, 5.74) is 1.75. The van der Waals surface area contributed by atoms with Crippen LogP contribution in [0.1, 0.15) is 36.5 Å². The molecule has 182 valence electrons. The molecule has 0 bridgehead atoms. The summed E-state index contributed by atoms with van der Waals surface area (Å²) in [6.45, 7) is 2.29. The third-order valence-corrected chi connectivity index (χ3v) is 7.45. The summed E-state index contributed by atoms with van der Waals surface area (Å²) >= 11 is 12.5. The number of aromatic nitrogens is 2. The Morgan fingerprint density at radius 1 is 1.18 bits per heavy atom. The van der Waals surface area contributed by atoms with Crippen molar-refractivity contribution in [2.45, 2.75) is 56.1 Å². The molecule has 1 saturated heterocycles. The van der Waals surface area contributed by atoms with Gasteiger partial charge in [-0.25, -0.2) is 4.98 Å². The minimum Gasteiger partial charge on any atom is -0.347 e. The van der Waals surface area contributed by atoms with Gasteiger partial charge in [0.2, 0.25) is 0 Å². The standard InChI is InChI=1S/C24H26Cl2N2O5S/c1-17-5-8-20(9-6-17)34(29,30)31-15-19-3-2-4-24(32-19)33-23(14-28-12-11-27-16-28)21-10-7-18(25)13-22(21)26/h5-13,16,19,23-24H,2-4,14-15H2,1H3/t19-,23?,24-/m0/s1. The molecule has 10 heteroatoms. The highest BCUT2D eigenvalue weighted by atomic mass is 35.5. The van der Waals surface area contributed by atoms with Crippen molar-refractivity contribution in [3.63, 3.8) is 0 Å². The molecule has 7 nitrogen and oxygen atoms in total. The van der Waals surface area contributed by atoms with Crippen molar-refractivity contribution in [3.05, 3.63) is 82.4 Å². The van der Waals surface area contributed by atoms with Crippen molar-refractivity contribution in [1.82, 2.24) is 9.55 Å². The van der Waals surface area contributed by atoms with Crippen LogP contribution >= 0.6 is 23.2 Å². The van der Waals surface area contributed by atoms with Gasteiger partial charge in [-0.2, -0.15) is 8.42 Å². The minimum absolute atomic E-state index is 0.0794. The molecule has 0 radical (unpaired) electrons. The SMILES string of the molecule is Cc1ccc(S(=O)(=O)OC[C@@H]2CCC[C@H](OC(Cn3ccnc3)c3ccc(Cl)cc3Cl)O2)cc1. The predicted molar refractivity (Wildman–Crippen MR) is 129 cm³/mol. The van der Waals surface area contributed by atoms with Gasteiger partial charge in [0.25, 0.3) is 10.1 Å². The molecule has 0 aliphatic carbocycles. The number of imidazole rings is 1. The zero-order valence-corrected chi connectivity index (χ0v) is 21.0. The Bertz CT molecular complexity index is 1190. The molecule has 0 saturated carbocycles. The zero-order chi connectivity index (χ0) is 24.1. The van der Waals surface area contributed by atoms with E-state index in [2.05, 4.69) is 4.98 Å². The largest absolute Gasteiger partial charge is 0.347 e. The number of hydrogen-bond acceptors (Lipinski definition) is 6. The second kappa shape index (κ2) is 11.2. The number of hydrogen-bond donors (Lipinski definition) is 0. The van der Waals surface area contributed by atoms with E-state index < -0.39 is 28.6 Å². The van der Waals surface area contributed by atoms with E-state index in [1.807, 2.05) is 23.8 Å². The average molecular weight is 525 g/mol. The molecule has 3 aromatic rings. The molecule has 1 aromatic heterocycles. The van der Waals surface area contributed by atoms with E-state index in [0.29, 0.717) is 29.4 Å². The fourth-order valence-corrected chi connectivity index (χ4v) is 5.24. The van der Waals surface area contributed by atoms with Crippen molar-refractivity contribution in [1.29, 1.82) is 0 Å². The normalized spacial score (nSPS) is 19.7. The first kappa shape index (κ1) is 25.2. The highest BCUT2D eigenvalue weighted by molar-refractivity contribution is 7.86. The van der Waals surface area contributed by atoms with E-state index in [-0.39, 0.29) is 11.5 Å². The zero-order valence-electron chi connectivity index (χ0n) is 18.6. The molecule has 34 heavy (non-hydrogen) atoms. The van der Waals surface area contributed by atoms with Gasteiger partial charge in [-0.3, -0.25) is 4.18 Å². The van der Waals surface area contributed by atoms with Gasteiger partial charge >= 0.3 is 0 Å². The average Bonchev–Trinajstić information content (AvgIpc) is 3.31. The van der Waals surface area contributed by atoms with Gasteiger partial charge in [-0.1, -0.05) is 47.0 Å². The topological polar surface area (TPSA) is 79.7 Å². The van der Waals surface area contributed by atoms with E-state index in [1.54, 1.807) is 36.8 Å². The van der Waals surface area contributed by atoms with E-state index >= 15 is 0 Å². The molecular formula is C24H26Cl2N2O5S. The Labute approximate surface area is 209 Å². The van der Waals surface area contributed by atoms with Crippen LogP contribution in [0.15, 0.2) is 66.1 Å². The lowest BCUT2D eigenvalue weighted by Crippen LogP contribution is -2.34. The Morgan fingerprint density at radius 2 is 1.97 bits per heavy atom. The number of rotatable bonds is 9. The Morgan fingerprint density at radius 3 is 2.68 bits per heavy atom. The second-order valence-electron chi connectivity index (χ2n) is 8.22. The summed E-state index contributed by atoms with van der Waals surface area (Å²) in [5, 5.41) is 1.04. The van der Waals surface area contributed by atoms with Crippen LogP contribution in [-0.4, -0.2) is 37.0 Å². The fraction of sp³-hybridized carbons (Fsp3) is 0.375. The van der Waals surface area contributed by atoms with Gasteiger partial charge < -0.3 is 14.0 Å². The first-order valence-electron chi connectivity index (χ1n) is 11.0. The lowest BCUT2D eigenvalue weighted by Gasteiger charge is -2.33. The highest BCUT2D eigenvalue weighted by Gasteiger charge is 2.29. The first-order chi connectivity index (χ1) is 16.3. The first-order valence-corrected chi connectivity index (χ1v) is 13.1. The summed E-state index contributed by atoms with van der Waals surface area (Å²) in [6.07, 6.45) is 6.04. The van der Waals surface area contributed by atoms with Crippen LogP contribution in [0, 0.1) is 6.92 Å². The molecule has 1 aliphatic heterocycles. The molecule has 1 unspecified atom stereocenters. The van der Waals surface area contributed by atoms with Crippen molar-refractivity contribution < 1.29 is 22.1 Å². The molecule has 0 amide bonds. The number of halogens is 2. The molecular weight excluding hydrogens is 499 g/mol. The van der Waals surface area contributed by atoms with Crippen LogP contribution in [0.5, 0.6) is 0 Å². The van der Waals surface area contributed by atoms with Crippen LogP contribution in [0.2, 0.25) is 10.0 Å². The predicted octanol–water partition coefficient (Wildman–Crippen LogP) is 5.56. The monoisotopic (exact) mass is 524 g/mol. The summed E-state index contributed by atoms with van der Waals surface area (Å²) in [6, 6.07) is 11.8. The minimum atomic E-state index is -3.86. The van der Waals surface area contributed by atoms with E-state index in [1.165, 1.54) is 12.1 Å². The second-order valence-corrected chi connectivity index (χ2v) is 10.7. The van der Waals surface area contributed by atoms with Crippen LogP contribution in [0.4, 0.5) is 0 Å². The Hall–Kier alpha value is -1.94. The maximum atomic E-state index is 12.5. The van der Waals surface area contributed by atoms with Gasteiger partial charge in [0, 0.05) is 28.0 Å². The van der Waals surface area contributed by atoms with Crippen LogP contribution in [-0.2, 0) is 30.3 Å². The molecule has 4 rings (SSSR count). The highest BCUT2D eigenvalue weighted by Crippen LogP contribution is 2.33. The summed E-state index contributed by atoms with van der Waals surface area (Å²) < 4.78 is 44.6. The van der Waals surface area contributed by atoms with Gasteiger partial charge in [-0.15, -0.1) is 0 Å². The van der Waals surface area contributed by atoms with Crippen molar-refractivity contribution in [3.8, 4) is 0 Å².